The number of hydrogen-bond donors (Lipinski definition) is 2. The molecule has 0 spiro atoms. The van der Waals surface area contributed by atoms with Crippen LogP contribution in [0.15, 0.2) is 36.1 Å². The minimum absolute atomic E-state index is 0.0228. The van der Waals surface area contributed by atoms with Gasteiger partial charge in [-0.3, -0.25) is 4.79 Å². The summed E-state index contributed by atoms with van der Waals surface area (Å²) in [7, 11) is 0. The summed E-state index contributed by atoms with van der Waals surface area (Å²) in [5.74, 6) is -0.103. The smallest absolute Gasteiger partial charge is 0.248 e. The Morgan fingerprint density at radius 1 is 1.62 bits per heavy atom. The van der Waals surface area contributed by atoms with Gasteiger partial charge >= 0.3 is 0 Å². The maximum Gasteiger partial charge on any atom is 0.248 e. The summed E-state index contributed by atoms with van der Waals surface area (Å²) in [5, 5.41) is 2.62. The molecule has 70 valence electrons. The topological polar surface area (TPSA) is 55.1 Å². The van der Waals surface area contributed by atoms with E-state index in [0.717, 1.165) is 12.0 Å². The molecule has 1 heterocycles. The van der Waals surface area contributed by atoms with E-state index in [9.17, 15) is 4.79 Å². The summed E-state index contributed by atoms with van der Waals surface area (Å²) >= 11 is 0. The Hall–Kier alpha value is -1.35. The Morgan fingerprint density at radius 3 is 3.15 bits per heavy atom. The third kappa shape index (κ3) is 3.71. The zero-order valence-electron chi connectivity index (χ0n) is 7.66. The van der Waals surface area contributed by atoms with E-state index in [1.807, 2.05) is 25.2 Å². The summed E-state index contributed by atoms with van der Waals surface area (Å²) in [5.41, 5.74) is 6.65. The Morgan fingerprint density at radius 2 is 2.38 bits per heavy atom. The fraction of sp³-hybridized carbons (Fsp3) is 0.300. The van der Waals surface area contributed by atoms with Gasteiger partial charge in [0.05, 0.1) is 0 Å². The molecule has 1 rings (SSSR count). The fourth-order valence-corrected chi connectivity index (χ4v) is 1.02. The molecule has 3 nitrogen and oxygen atoms in total. The molecular formula is C10H14N2O. The number of allylic oxidation sites excluding steroid dienone is 2. The monoisotopic (exact) mass is 178 g/mol. The molecule has 0 saturated heterocycles. The summed E-state index contributed by atoms with van der Waals surface area (Å²) in [4.78, 5) is 11.1. The summed E-state index contributed by atoms with van der Waals surface area (Å²) in [6.45, 7) is 1.87. The van der Waals surface area contributed by atoms with E-state index in [2.05, 4.69) is 5.32 Å². The molecule has 0 aromatic carbocycles. The van der Waals surface area contributed by atoms with Crippen LogP contribution in [0.25, 0.3) is 0 Å². The average molecular weight is 178 g/mol. The van der Waals surface area contributed by atoms with Gasteiger partial charge in [-0.2, -0.15) is 0 Å². The van der Waals surface area contributed by atoms with Gasteiger partial charge in [0.2, 0.25) is 5.91 Å². The number of nitrogens with two attached hydrogens (primary N) is 1. The van der Waals surface area contributed by atoms with Crippen LogP contribution in [0.3, 0.4) is 0 Å². The van der Waals surface area contributed by atoms with E-state index in [-0.39, 0.29) is 11.9 Å². The lowest BCUT2D eigenvalue weighted by molar-refractivity contribution is -0.115. The zero-order chi connectivity index (χ0) is 9.68. The van der Waals surface area contributed by atoms with Gasteiger partial charge in [0.25, 0.3) is 0 Å². The summed E-state index contributed by atoms with van der Waals surface area (Å²) in [6.07, 6.45) is 9.52. The van der Waals surface area contributed by atoms with Gasteiger partial charge < -0.3 is 11.1 Å². The predicted molar refractivity (Wildman–Crippen MR) is 52.8 cm³/mol. The molecule has 0 aromatic rings. The Kier molecular flexibility index (Phi) is 3.46. The molecule has 3 heteroatoms. The molecular weight excluding hydrogens is 164 g/mol. The second-order valence-corrected chi connectivity index (χ2v) is 3.06. The first-order valence-corrected chi connectivity index (χ1v) is 4.26. The predicted octanol–water partition coefficient (Wildman–Crippen LogP) is 0.850. The van der Waals surface area contributed by atoms with Gasteiger partial charge in [-0.05, 0) is 18.9 Å². The molecule has 1 aliphatic heterocycles. The van der Waals surface area contributed by atoms with Crippen LogP contribution in [0.2, 0.25) is 0 Å². The SMILES string of the molecule is C/C1=C/C(=O)N/C=C/CC(N)C=C1. The highest BCUT2D eigenvalue weighted by atomic mass is 16.1. The molecule has 1 amide bonds. The molecule has 0 bridgehead atoms. The minimum atomic E-state index is -0.103. The van der Waals surface area contributed by atoms with Crippen LogP contribution in [-0.4, -0.2) is 11.9 Å². The standard InChI is InChI=1S/C10H14N2O/c1-8-4-5-9(11)3-2-6-12-10(13)7-8/h2,4-7,9H,3,11H2,1H3,(H,12,13)/b5-4?,6-2+,8-7-. The summed E-state index contributed by atoms with van der Waals surface area (Å²) < 4.78 is 0. The number of hydrogen-bond acceptors (Lipinski definition) is 2. The van der Waals surface area contributed by atoms with Gasteiger partial charge in [0.1, 0.15) is 0 Å². The van der Waals surface area contributed by atoms with Crippen LogP contribution in [0.1, 0.15) is 13.3 Å². The fourth-order valence-electron chi connectivity index (χ4n) is 1.02. The first-order chi connectivity index (χ1) is 6.18. The quantitative estimate of drug-likeness (QED) is 0.577. The minimum Gasteiger partial charge on any atom is -0.329 e. The average Bonchev–Trinajstić information content (AvgIpc) is 2.08. The molecule has 3 N–H and O–H groups in total. The van der Waals surface area contributed by atoms with Crippen molar-refractivity contribution in [3.63, 3.8) is 0 Å². The second-order valence-electron chi connectivity index (χ2n) is 3.06. The molecule has 0 saturated carbocycles. The van der Waals surface area contributed by atoms with E-state index in [1.54, 1.807) is 12.3 Å². The third-order valence-electron chi connectivity index (χ3n) is 1.72. The molecule has 1 atom stereocenters. The van der Waals surface area contributed by atoms with E-state index < -0.39 is 0 Å². The van der Waals surface area contributed by atoms with Crippen molar-refractivity contribution in [2.75, 3.05) is 0 Å². The van der Waals surface area contributed by atoms with Crippen LogP contribution in [0, 0.1) is 0 Å². The maximum atomic E-state index is 11.1. The highest BCUT2D eigenvalue weighted by Gasteiger charge is 1.97. The Balaban J connectivity index is 2.79. The number of carbonyl (C=O) groups is 1. The van der Waals surface area contributed by atoms with E-state index >= 15 is 0 Å². The lowest BCUT2D eigenvalue weighted by Crippen LogP contribution is -2.18. The first-order valence-electron chi connectivity index (χ1n) is 4.26. The van der Waals surface area contributed by atoms with Crippen molar-refractivity contribution in [1.82, 2.24) is 5.32 Å². The normalized spacial score (nSPS) is 30.2. The Bertz CT molecular complexity index is 277. The van der Waals surface area contributed by atoms with E-state index in [0.29, 0.717) is 0 Å². The van der Waals surface area contributed by atoms with Crippen molar-refractivity contribution in [2.45, 2.75) is 19.4 Å². The number of amides is 1. The largest absolute Gasteiger partial charge is 0.329 e. The highest BCUT2D eigenvalue weighted by Crippen LogP contribution is 2.00. The molecule has 0 radical (unpaired) electrons. The first kappa shape index (κ1) is 9.74. The van der Waals surface area contributed by atoms with Crippen LogP contribution in [0.5, 0.6) is 0 Å². The van der Waals surface area contributed by atoms with Crippen molar-refractivity contribution in [3.8, 4) is 0 Å². The van der Waals surface area contributed by atoms with Crippen molar-refractivity contribution >= 4 is 5.91 Å². The zero-order valence-corrected chi connectivity index (χ0v) is 7.66. The van der Waals surface area contributed by atoms with Gasteiger partial charge in [0, 0.05) is 18.3 Å². The van der Waals surface area contributed by atoms with Crippen molar-refractivity contribution in [2.24, 2.45) is 5.73 Å². The molecule has 0 aliphatic carbocycles. The molecule has 13 heavy (non-hydrogen) atoms. The maximum absolute atomic E-state index is 11.1. The van der Waals surface area contributed by atoms with Gasteiger partial charge in [-0.15, -0.1) is 0 Å². The highest BCUT2D eigenvalue weighted by molar-refractivity contribution is 5.89. The molecule has 0 aromatic heterocycles. The van der Waals surface area contributed by atoms with E-state index in [1.165, 1.54) is 0 Å². The second kappa shape index (κ2) is 4.62. The van der Waals surface area contributed by atoms with Crippen molar-refractivity contribution < 1.29 is 4.79 Å². The van der Waals surface area contributed by atoms with Gasteiger partial charge in [-0.25, -0.2) is 0 Å². The van der Waals surface area contributed by atoms with Gasteiger partial charge in [0.15, 0.2) is 0 Å². The molecule has 0 fully saturated rings. The number of carbonyl (C=O) groups excluding carboxylic acids is 1. The molecule has 1 aliphatic rings. The molecule has 1 unspecified atom stereocenters. The van der Waals surface area contributed by atoms with Gasteiger partial charge in [-0.1, -0.05) is 18.2 Å². The van der Waals surface area contributed by atoms with Crippen LogP contribution >= 0.6 is 0 Å². The van der Waals surface area contributed by atoms with Crippen molar-refractivity contribution in [1.29, 1.82) is 0 Å². The third-order valence-corrected chi connectivity index (χ3v) is 1.72. The van der Waals surface area contributed by atoms with Crippen LogP contribution in [-0.2, 0) is 4.79 Å². The lowest BCUT2D eigenvalue weighted by Gasteiger charge is -2.04. The van der Waals surface area contributed by atoms with Crippen LogP contribution < -0.4 is 11.1 Å². The summed E-state index contributed by atoms with van der Waals surface area (Å²) in [6, 6.07) is 0.0228. The van der Waals surface area contributed by atoms with E-state index in [4.69, 9.17) is 5.73 Å². The lowest BCUT2D eigenvalue weighted by atomic mass is 10.1. The number of rotatable bonds is 0. The Labute approximate surface area is 78.0 Å². The van der Waals surface area contributed by atoms with Crippen molar-refractivity contribution in [3.05, 3.63) is 36.1 Å². The van der Waals surface area contributed by atoms with Crippen LogP contribution in [0.4, 0.5) is 0 Å². The number of nitrogens with one attached hydrogen (secondary N) is 1.